The first-order valence-electron chi connectivity index (χ1n) is 26.9. The standard InChI is InChI=1S/C55H104O5/c1-3-5-7-9-11-13-15-17-19-21-23-25-26-27-28-30-31-33-35-37-39-41-43-45-47-49-54(57)59-52-53(51-56)60-55(58)50-48-46-44-42-40-38-36-34-32-29-24-22-20-18-16-14-12-10-8-6-4-2/h16,18,22,24,53,56H,3-15,17,19-21,23,25-52H2,1-2H3/b18-16-,24-22-. The van der Waals surface area contributed by atoms with E-state index in [1.54, 1.807) is 0 Å². The molecule has 60 heavy (non-hydrogen) atoms. The van der Waals surface area contributed by atoms with Crippen molar-refractivity contribution in [3.05, 3.63) is 24.3 Å². The van der Waals surface area contributed by atoms with Crippen molar-refractivity contribution in [2.45, 2.75) is 302 Å². The van der Waals surface area contributed by atoms with Crippen molar-refractivity contribution in [1.82, 2.24) is 0 Å². The number of aliphatic hydroxyl groups excluding tert-OH is 1. The molecule has 0 heterocycles. The fourth-order valence-electron chi connectivity index (χ4n) is 8.18. The zero-order chi connectivity index (χ0) is 43.5. The van der Waals surface area contributed by atoms with E-state index in [1.807, 2.05) is 0 Å². The second kappa shape index (κ2) is 51.7. The van der Waals surface area contributed by atoms with Crippen molar-refractivity contribution in [1.29, 1.82) is 0 Å². The molecule has 0 radical (unpaired) electrons. The second-order valence-corrected chi connectivity index (χ2v) is 18.3. The fourth-order valence-corrected chi connectivity index (χ4v) is 8.18. The number of unbranched alkanes of at least 4 members (excludes halogenated alkanes) is 38. The Hall–Kier alpha value is -1.62. The number of ether oxygens (including phenoxy) is 2. The van der Waals surface area contributed by atoms with Crippen LogP contribution in [0.1, 0.15) is 296 Å². The van der Waals surface area contributed by atoms with E-state index in [0.717, 1.165) is 38.5 Å². The normalized spacial score (nSPS) is 12.2. The Kier molecular flexibility index (Phi) is 50.3. The molecule has 1 N–H and O–H groups in total. The maximum atomic E-state index is 12.3. The minimum Gasteiger partial charge on any atom is -0.462 e. The third-order valence-electron chi connectivity index (χ3n) is 12.2. The third kappa shape index (κ3) is 49.0. The van der Waals surface area contributed by atoms with Crippen molar-refractivity contribution in [3.63, 3.8) is 0 Å². The van der Waals surface area contributed by atoms with Crippen molar-refractivity contribution < 1.29 is 24.2 Å². The largest absolute Gasteiger partial charge is 0.462 e. The smallest absolute Gasteiger partial charge is 0.306 e. The molecule has 5 heteroatoms. The molecule has 0 bridgehead atoms. The van der Waals surface area contributed by atoms with Crippen LogP contribution in [-0.4, -0.2) is 36.4 Å². The van der Waals surface area contributed by atoms with E-state index in [-0.39, 0.29) is 25.2 Å². The quantitative estimate of drug-likeness (QED) is 0.0375. The summed E-state index contributed by atoms with van der Waals surface area (Å²) in [7, 11) is 0. The molecule has 1 atom stereocenters. The van der Waals surface area contributed by atoms with Crippen LogP contribution in [0.5, 0.6) is 0 Å². The van der Waals surface area contributed by atoms with E-state index in [0.29, 0.717) is 12.8 Å². The first kappa shape index (κ1) is 58.4. The molecule has 0 aromatic heterocycles. The lowest BCUT2D eigenvalue weighted by molar-refractivity contribution is -0.161. The third-order valence-corrected chi connectivity index (χ3v) is 12.2. The van der Waals surface area contributed by atoms with Gasteiger partial charge in [-0.2, -0.15) is 0 Å². The number of hydrogen-bond donors (Lipinski definition) is 1. The molecule has 1 unspecified atom stereocenters. The van der Waals surface area contributed by atoms with E-state index in [9.17, 15) is 14.7 Å². The molecule has 0 saturated carbocycles. The van der Waals surface area contributed by atoms with Gasteiger partial charge in [0.25, 0.3) is 0 Å². The highest BCUT2D eigenvalue weighted by Crippen LogP contribution is 2.17. The van der Waals surface area contributed by atoms with Crippen LogP contribution in [0, 0.1) is 0 Å². The molecule has 0 spiro atoms. The molecule has 0 fully saturated rings. The van der Waals surface area contributed by atoms with E-state index in [4.69, 9.17) is 9.47 Å². The molecule has 0 aromatic carbocycles. The minimum atomic E-state index is -0.771. The van der Waals surface area contributed by atoms with Crippen molar-refractivity contribution >= 4 is 11.9 Å². The molecular weight excluding hydrogens is 741 g/mol. The topological polar surface area (TPSA) is 72.8 Å². The molecule has 0 amide bonds. The van der Waals surface area contributed by atoms with Crippen LogP contribution < -0.4 is 0 Å². The van der Waals surface area contributed by atoms with Gasteiger partial charge in [-0.05, 0) is 44.9 Å². The van der Waals surface area contributed by atoms with Gasteiger partial charge in [-0.15, -0.1) is 0 Å². The molecule has 5 nitrogen and oxygen atoms in total. The van der Waals surface area contributed by atoms with Crippen LogP contribution in [0.4, 0.5) is 0 Å². The van der Waals surface area contributed by atoms with Gasteiger partial charge in [0, 0.05) is 12.8 Å². The zero-order valence-electron chi connectivity index (χ0n) is 40.5. The summed E-state index contributed by atoms with van der Waals surface area (Å²) in [6.45, 7) is 4.17. The van der Waals surface area contributed by atoms with Crippen LogP contribution in [0.15, 0.2) is 24.3 Å². The Labute approximate surface area is 374 Å². The number of aliphatic hydroxyl groups is 1. The average Bonchev–Trinajstić information content (AvgIpc) is 3.25. The van der Waals surface area contributed by atoms with E-state index in [1.165, 1.54) is 231 Å². The van der Waals surface area contributed by atoms with Gasteiger partial charge in [-0.3, -0.25) is 9.59 Å². The maximum Gasteiger partial charge on any atom is 0.306 e. The summed E-state index contributed by atoms with van der Waals surface area (Å²) >= 11 is 0. The summed E-state index contributed by atoms with van der Waals surface area (Å²) in [4.78, 5) is 24.5. The predicted molar refractivity (Wildman–Crippen MR) is 261 cm³/mol. The van der Waals surface area contributed by atoms with Crippen LogP contribution in [0.2, 0.25) is 0 Å². The van der Waals surface area contributed by atoms with Gasteiger partial charge in [-0.1, -0.05) is 263 Å². The minimum absolute atomic E-state index is 0.0621. The first-order valence-corrected chi connectivity index (χ1v) is 26.9. The van der Waals surface area contributed by atoms with Gasteiger partial charge in [0.05, 0.1) is 6.61 Å². The summed E-state index contributed by atoms with van der Waals surface area (Å²) in [5.74, 6) is -0.578. The number of carbonyl (C=O) groups is 2. The molecule has 0 aliphatic carbocycles. The lowest BCUT2D eigenvalue weighted by Gasteiger charge is -2.15. The van der Waals surface area contributed by atoms with Crippen LogP contribution >= 0.6 is 0 Å². The van der Waals surface area contributed by atoms with Gasteiger partial charge in [0.1, 0.15) is 6.61 Å². The van der Waals surface area contributed by atoms with E-state index >= 15 is 0 Å². The molecule has 0 aliphatic rings. The number of esters is 2. The Balaban J connectivity index is 3.44. The zero-order valence-corrected chi connectivity index (χ0v) is 40.5. The van der Waals surface area contributed by atoms with Crippen molar-refractivity contribution in [3.8, 4) is 0 Å². The highest BCUT2D eigenvalue weighted by atomic mass is 16.6. The summed E-state index contributed by atoms with van der Waals surface area (Å²) in [6.07, 6.45) is 64.3. The Morgan fingerprint density at radius 3 is 0.983 bits per heavy atom. The highest BCUT2D eigenvalue weighted by Gasteiger charge is 2.16. The van der Waals surface area contributed by atoms with Gasteiger partial charge < -0.3 is 14.6 Å². The molecule has 0 saturated heterocycles. The number of rotatable bonds is 50. The fraction of sp³-hybridized carbons (Fsp3) is 0.891. The SMILES string of the molecule is CCCCCCC/C=C\C/C=C\CCCCCCCCCCCC(=O)OC(CO)COC(=O)CCCCCCCCCCCCCCCCCCCCCCCCCCC. The monoisotopic (exact) mass is 845 g/mol. The Morgan fingerprint density at radius 2 is 0.667 bits per heavy atom. The Bertz CT molecular complexity index is 913. The summed E-state index contributed by atoms with van der Waals surface area (Å²) in [5, 5.41) is 9.63. The number of allylic oxidation sites excluding steroid dienone is 4. The van der Waals surface area contributed by atoms with Gasteiger partial charge in [0.15, 0.2) is 6.10 Å². The molecule has 0 aromatic rings. The van der Waals surface area contributed by atoms with Crippen LogP contribution in [0.25, 0.3) is 0 Å². The Morgan fingerprint density at radius 1 is 0.383 bits per heavy atom. The van der Waals surface area contributed by atoms with Gasteiger partial charge in [-0.25, -0.2) is 0 Å². The van der Waals surface area contributed by atoms with Crippen molar-refractivity contribution in [2.24, 2.45) is 0 Å². The van der Waals surface area contributed by atoms with Gasteiger partial charge >= 0.3 is 11.9 Å². The molecule has 0 aliphatic heterocycles. The summed E-state index contributed by atoms with van der Waals surface area (Å²) in [6, 6.07) is 0. The van der Waals surface area contributed by atoms with Crippen LogP contribution in [-0.2, 0) is 19.1 Å². The lowest BCUT2D eigenvalue weighted by atomic mass is 10.0. The first-order chi connectivity index (χ1) is 29.6. The number of carbonyl (C=O) groups excluding carboxylic acids is 2. The highest BCUT2D eigenvalue weighted by molar-refractivity contribution is 5.70. The van der Waals surface area contributed by atoms with E-state index < -0.39 is 6.10 Å². The molecular formula is C55H104O5. The lowest BCUT2D eigenvalue weighted by Crippen LogP contribution is -2.28. The van der Waals surface area contributed by atoms with Crippen LogP contribution in [0.3, 0.4) is 0 Å². The predicted octanol–water partition coefficient (Wildman–Crippen LogP) is 17.8. The maximum absolute atomic E-state index is 12.3. The average molecular weight is 845 g/mol. The summed E-state index contributed by atoms with van der Waals surface area (Å²) < 4.78 is 10.7. The number of hydrogen-bond acceptors (Lipinski definition) is 5. The van der Waals surface area contributed by atoms with Gasteiger partial charge in [0.2, 0.25) is 0 Å². The molecule has 354 valence electrons. The van der Waals surface area contributed by atoms with E-state index in [2.05, 4.69) is 38.2 Å². The molecule has 0 rings (SSSR count). The van der Waals surface area contributed by atoms with Crippen molar-refractivity contribution in [2.75, 3.05) is 13.2 Å². The summed E-state index contributed by atoms with van der Waals surface area (Å²) in [5.41, 5.74) is 0. The second-order valence-electron chi connectivity index (χ2n) is 18.3.